The first kappa shape index (κ1) is 29.9. The second-order valence-electron chi connectivity index (χ2n) is 9.83. The smallest absolute Gasteiger partial charge is 0.378 e. The van der Waals surface area contributed by atoms with E-state index in [4.69, 9.17) is 25.2 Å². The second kappa shape index (κ2) is 13.7. The topological polar surface area (TPSA) is 160 Å². The van der Waals surface area contributed by atoms with Crippen LogP contribution in [0.25, 0.3) is 0 Å². The summed E-state index contributed by atoms with van der Waals surface area (Å²) in [6.07, 6.45) is 5.35. The van der Waals surface area contributed by atoms with Gasteiger partial charge in [-0.2, -0.15) is 0 Å². The molecule has 0 aromatic heterocycles. The molecule has 0 aromatic rings. The number of hydrogen-bond donors (Lipinski definition) is 3. The minimum Gasteiger partial charge on any atom is -0.609 e. The number of carboxylic acids is 2. The van der Waals surface area contributed by atoms with Gasteiger partial charge in [0.1, 0.15) is 5.95 Å². The van der Waals surface area contributed by atoms with Crippen LogP contribution in [-0.2, 0) is 23.9 Å². The largest absolute Gasteiger partial charge is 0.609 e. The van der Waals surface area contributed by atoms with Crippen LogP contribution in [0.15, 0.2) is 34.9 Å². The molecule has 2 atom stereocenters. The Bertz CT molecular complexity index is 901. The number of aliphatic carboxylic acids is 2. The van der Waals surface area contributed by atoms with Gasteiger partial charge in [0.15, 0.2) is 0 Å². The molecule has 1 saturated heterocycles. The zero-order chi connectivity index (χ0) is 26.8. The molecular weight excluding hydrogens is 456 g/mol. The van der Waals surface area contributed by atoms with Crippen molar-refractivity contribution in [2.45, 2.75) is 79.2 Å². The molecule has 1 aliphatic rings. The maximum absolute atomic E-state index is 12.9. The molecule has 196 valence electrons. The lowest BCUT2D eigenvalue weighted by Gasteiger charge is -2.27. The molecule has 0 bridgehead atoms. The summed E-state index contributed by atoms with van der Waals surface area (Å²) in [5, 5.41) is 30.8. The summed E-state index contributed by atoms with van der Waals surface area (Å²) in [4.78, 5) is 34.6. The fraction of sp³-hybridized carbons (Fsp3) is 0.640. The normalized spacial score (nSPS) is 22.9. The van der Waals surface area contributed by atoms with E-state index in [1.54, 1.807) is 0 Å². The minimum atomic E-state index is -1.05. The molecule has 35 heavy (non-hydrogen) atoms. The van der Waals surface area contributed by atoms with Crippen molar-refractivity contribution in [2.24, 2.45) is 11.3 Å². The van der Waals surface area contributed by atoms with Gasteiger partial charge in [-0.1, -0.05) is 43.2 Å². The first-order valence-corrected chi connectivity index (χ1v) is 11.7. The van der Waals surface area contributed by atoms with E-state index in [1.165, 1.54) is 26.0 Å². The molecule has 3 N–H and O–H groups in total. The Morgan fingerprint density at radius 1 is 1.06 bits per heavy atom. The number of carbonyl (C=O) groups excluding carboxylic acids is 1. The number of carboxylic acid groups (broad SMARTS) is 2. The van der Waals surface area contributed by atoms with E-state index in [1.807, 2.05) is 13.8 Å². The highest BCUT2D eigenvalue weighted by molar-refractivity contribution is 5.86. The maximum atomic E-state index is 12.9. The molecule has 0 spiro atoms. The predicted octanol–water partition coefficient (Wildman–Crippen LogP) is 3.57. The van der Waals surface area contributed by atoms with E-state index in [0.29, 0.717) is 12.8 Å². The van der Waals surface area contributed by atoms with Gasteiger partial charge in [0.2, 0.25) is 5.70 Å². The second-order valence-corrected chi connectivity index (χ2v) is 9.83. The third-order valence-corrected chi connectivity index (χ3v) is 5.88. The summed E-state index contributed by atoms with van der Waals surface area (Å²) >= 11 is 0. The first-order chi connectivity index (χ1) is 16.2. The molecule has 1 rings (SSSR count). The van der Waals surface area contributed by atoms with Gasteiger partial charge in [-0.05, 0) is 51.0 Å². The summed E-state index contributed by atoms with van der Waals surface area (Å²) in [6.45, 7) is 8.87. The molecule has 10 nitrogen and oxygen atoms in total. The Morgan fingerprint density at radius 3 is 2.09 bits per heavy atom. The fourth-order valence-corrected chi connectivity index (χ4v) is 4.03. The average molecular weight is 495 g/mol. The number of esters is 1. The number of nitrogens with zero attached hydrogens (tertiary/aromatic N) is 1. The van der Waals surface area contributed by atoms with Crippen molar-refractivity contribution in [3.05, 3.63) is 34.9 Å². The average Bonchev–Trinajstić information content (AvgIpc) is 2.80. The van der Waals surface area contributed by atoms with Crippen LogP contribution in [0, 0.1) is 16.9 Å². The van der Waals surface area contributed by atoms with Crippen LogP contribution in [0.3, 0.4) is 0 Å². The standard InChI is InChI=1S/C25H38N2O8/c1-16-10-11-19(23(32)34-12-6-8-17(2)21(28)29)27(26)20(15-25(4,5)14-16)24(33)35-13-7-9-18(3)22(30)31/h8-9,16,19H,6-7,10-15H2,1-5H3,(H3-,26,28,29,30,31,33). The highest BCUT2D eigenvalue weighted by Gasteiger charge is 2.40. The van der Waals surface area contributed by atoms with E-state index in [-0.39, 0.29) is 60.7 Å². The van der Waals surface area contributed by atoms with Crippen molar-refractivity contribution in [3.63, 3.8) is 0 Å². The quantitative estimate of drug-likeness (QED) is 0.137. The lowest BCUT2D eigenvalue weighted by atomic mass is 9.79. The Labute approximate surface area is 206 Å². The summed E-state index contributed by atoms with van der Waals surface area (Å²) in [6, 6.07) is -1.01. The monoisotopic (exact) mass is 494 g/mol. The van der Waals surface area contributed by atoms with E-state index < -0.39 is 29.9 Å². The van der Waals surface area contributed by atoms with Crippen LogP contribution in [0.1, 0.15) is 73.1 Å². The summed E-state index contributed by atoms with van der Waals surface area (Å²) in [7, 11) is 0. The van der Waals surface area contributed by atoms with Crippen molar-refractivity contribution < 1.29 is 43.9 Å². The van der Waals surface area contributed by atoms with Gasteiger partial charge >= 0.3 is 17.9 Å². The van der Waals surface area contributed by atoms with Crippen molar-refractivity contribution >= 4 is 17.9 Å². The van der Waals surface area contributed by atoms with Gasteiger partial charge < -0.3 is 24.8 Å². The number of rotatable bonds is 10. The Balaban J connectivity index is 3.07. The Hall–Kier alpha value is -3.17. The van der Waals surface area contributed by atoms with Crippen LogP contribution in [0.4, 0.5) is 0 Å². The Morgan fingerprint density at radius 2 is 1.57 bits per heavy atom. The highest BCUT2D eigenvalue weighted by atomic mass is 16.6. The SMILES string of the molecule is CC(=CCCOC(=O)C1CCC(C)CC(C)(C)CC(=C([O-])OCCC=C(C)C(=O)O)[N+]1=N)C(=O)O. The van der Waals surface area contributed by atoms with Gasteiger partial charge in [0.05, 0.1) is 6.61 Å². The van der Waals surface area contributed by atoms with Crippen molar-refractivity contribution in [1.82, 2.24) is 0 Å². The van der Waals surface area contributed by atoms with E-state index in [0.717, 1.165) is 11.1 Å². The zero-order valence-corrected chi connectivity index (χ0v) is 21.3. The summed E-state index contributed by atoms with van der Waals surface area (Å²) < 4.78 is 11.5. The Kier molecular flexibility index (Phi) is 11.6. The van der Waals surface area contributed by atoms with Crippen LogP contribution in [0.5, 0.6) is 0 Å². The first-order valence-electron chi connectivity index (χ1n) is 11.7. The third-order valence-electron chi connectivity index (χ3n) is 5.88. The molecule has 0 aliphatic carbocycles. The third kappa shape index (κ3) is 10.3. The van der Waals surface area contributed by atoms with Gasteiger partial charge in [-0.15, -0.1) is 0 Å². The molecule has 1 fully saturated rings. The van der Waals surface area contributed by atoms with Gasteiger partial charge in [-0.3, -0.25) is 0 Å². The molecule has 1 heterocycles. The molecular formula is C25H38N2O8. The lowest BCUT2D eigenvalue weighted by molar-refractivity contribution is -0.606. The predicted molar refractivity (Wildman–Crippen MR) is 124 cm³/mol. The fourth-order valence-electron chi connectivity index (χ4n) is 4.03. The highest BCUT2D eigenvalue weighted by Crippen LogP contribution is 2.37. The van der Waals surface area contributed by atoms with Crippen molar-refractivity contribution in [2.75, 3.05) is 13.2 Å². The maximum Gasteiger partial charge on any atom is 0.378 e. The lowest BCUT2D eigenvalue weighted by Crippen LogP contribution is -2.36. The summed E-state index contributed by atoms with van der Waals surface area (Å²) in [5.74, 6) is -3.21. The number of ether oxygens (including phenoxy) is 2. The van der Waals surface area contributed by atoms with Crippen LogP contribution in [0.2, 0.25) is 0 Å². The van der Waals surface area contributed by atoms with Crippen LogP contribution < -0.4 is 5.11 Å². The van der Waals surface area contributed by atoms with Gasteiger partial charge in [0.25, 0.3) is 6.04 Å². The van der Waals surface area contributed by atoms with Crippen LogP contribution >= 0.6 is 0 Å². The number of carbonyl (C=O) groups is 3. The molecule has 10 heteroatoms. The number of nitrogens with one attached hydrogen (secondary N) is 1. The molecule has 0 saturated carbocycles. The van der Waals surface area contributed by atoms with E-state index >= 15 is 0 Å². The van der Waals surface area contributed by atoms with E-state index in [2.05, 4.69) is 6.92 Å². The molecule has 2 unspecified atom stereocenters. The zero-order valence-electron chi connectivity index (χ0n) is 21.3. The molecule has 0 amide bonds. The van der Waals surface area contributed by atoms with Crippen molar-refractivity contribution in [3.8, 4) is 0 Å². The summed E-state index contributed by atoms with van der Waals surface area (Å²) in [5.41, 5.74) is 8.67. The van der Waals surface area contributed by atoms with Crippen molar-refractivity contribution in [1.29, 1.82) is 5.53 Å². The van der Waals surface area contributed by atoms with Gasteiger partial charge in [0, 0.05) is 30.4 Å². The van der Waals surface area contributed by atoms with Gasteiger partial charge in [-0.25, -0.2) is 14.4 Å². The molecule has 0 radical (unpaired) electrons. The number of allylic oxidation sites excluding steroid dienone is 1. The minimum absolute atomic E-state index is 0.0378. The number of hydrogen-bond acceptors (Lipinski definition) is 7. The molecule has 1 aliphatic heterocycles. The van der Waals surface area contributed by atoms with Crippen LogP contribution in [-0.4, -0.2) is 52.1 Å². The molecule has 0 aromatic carbocycles. The van der Waals surface area contributed by atoms with E-state index in [9.17, 15) is 19.5 Å².